The minimum Gasteiger partial charge on any atom is -0.359 e. The van der Waals surface area contributed by atoms with Crippen molar-refractivity contribution in [3.8, 4) is 0 Å². The fourth-order valence-electron chi connectivity index (χ4n) is 3.17. The number of anilines is 1. The van der Waals surface area contributed by atoms with Crippen molar-refractivity contribution < 1.29 is 4.39 Å². The van der Waals surface area contributed by atoms with Crippen LogP contribution in [0.15, 0.2) is 24.3 Å². The van der Waals surface area contributed by atoms with E-state index in [1.54, 1.807) is 0 Å². The first-order valence-corrected chi connectivity index (χ1v) is 9.85. The molecule has 0 aliphatic carbocycles. The molecule has 0 atom stereocenters. The summed E-state index contributed by atoms with van der Waals surface area (Å²) in [6.45, 7) is 8.50. The van der Waals surface area contributed by atoms with E-state index < -0.39 is 0 Å². The Morgan fingerprint density at radius 2 is 1.88 bits per heavy atom. The molecule has 4 nitrogen and oxygen atoms in total. The molecule has 2 aromatic rings. The van der Waals surface area contributed by atoms with Crippen LogP contribution in [0.2, 0.25) is 0 Å². The molecule has 0 spiro atoms. The van der Waals surface area contributed by atoms with E-state index in [2.05, 4.69) is 33.4 Å². The van der Waals surface area contributed by atoms with Gasteiger partial charge in [-0.2, -0.15) is 4.37 Å². The molecule has 1 fully saturated rings. The van der Waals surface area contributed by atoms with Gasteiger partial charge in [0.05, 0.1) is 0 Å². The molecule has 0 radical (unpaired) electrons. The zero-order valence-electron chi connectivity index (χ0n) is 15.1. The SMILES string of the molecule is CC(C)(CNc1nc(CCN2CCCCC2)ns1)c1ccc(F)cc1. The Morgan fingerprint density at radius 1 is 1.16 bits per heavy atom. The second kappa shape index (κ2) is 8.23. The summed E-state index contributed by atoms with van der Waals surface area (Å²) in [5, 5.41) is 4.26. The fourth-order valence-corrected chi connectivity index (χ4v) is 3.78. The average molecular weight is 363 g/mol. The minimum absolute atomic E-state index is 0.104. The van der Waals surface area contributed by atoms with Crippen LogP contribution in [0.1, 0.15) is 44.5 Å². The molecular formula is C19H27FN4S. The molecule has 0 bridgehead atoms. The number of nitrogens with zero attached hydrogens (tertiary/aromatic N) is 3. The van der Waals surface area contributed by atoms with Crippen molar-refractivity contribution in [2.75, 3.05) is 31.5 Å². The highest BCUT2D eigenvalue weighted by atomic mass is 32.1. The van der Waals surface area contributed by atoms with E-state index in [9.17, 15) is 4.39 Å². The van der Waals surface area contributed by atoms with Crippen molar-refractivity contribution in [3.05, 3.63) is 41.5 Å². The van der Waals surface area contributed by atoms with Gasteiger partial charge < -0.3 is 10.2 Å². The molecule has 0 amide bonds. The number of halogens is 1. The Labute approximate surface area is 153 Å². The summed E-state index contributed by atoms with van der Waals surface area (Å²) in [6, 6.07) is 6.73. The van der Waals surface area contributed by atoms with Crippen LogP contribution in [0.5, 0.6) is 0 Å². The van der Waals surface area contributed by atoms with Crippen molar-refractivity contribution in [1.82, 2.24) is 14.3 Å². The van der Waals surface area contributed by atoms with E-state index in [1.165, 1.54) is 56.0 Å². The summed E-state index contributed by atoms with van der Waals surface area (Å²) in [7, 11) is 0. The Kier molecular flexibility index (Phi) is 6.02. The Morgan fingerprint density at radius 3 is 2.60 bits per heavy atom. The van der Waals surface area contributed by atoms with Gasteiger partial charge in [0, 0.05) is 36.5 Å². The zero-order valence-corrected chi connectivity index (χ0v) is 15.9. The van der Waals surface area contributed by atoms with Crippen LogP contribution < -0.4 is 5.32 Å². The first kappa shape index (κ1) is 18.3. The lowest BCUT2D eigenvalue weighted by molar-refractivity contribution is 0.230. The maximum absolute atomic E-state index is 13.1. The Bertz CT molecular complexity index is 662. The van der Waals surface area contributed by atoms with Gasteiger partial charge in [0.1, 0.15) is 11.6 Å². The number of aromatic nitrogens is 2. The average Bonchev–Trinajstić information content (AvgIpc) is 3.08. The highest BCUT2D eigenvalue weighted by Gasteiger charge is 2.21. The molecule has 25 heavy (non-hydrogen) atoms. The first-order valence-electron chi connectivity index (χ1n) is 9.08. The second-order valence-electron chi connectivity index (χ2n) is 7.41. The quantitative estimate of drug-likeness (QED) is 0.805. The van der Waals surface area contributed by atoms with Crippen LogP contribution in [0.25, 0.3) is 0 Å². The number of piperidine rings is 1. The van der Waals surface area contributed by atoms with Crippen molar-refractivity contribution in [1.29, 1.82) is 0 Å². The third kappa shape index (κ3) is 5.22. The predicted octanol–water partition coefficient (Wildman–Crippen LogP) is 4.10. The van der Waals surface area contributed by atoms with Gasteiger partial charge in [0.2, 0.25) is 5.13 Å². The van der Waals surface area contributed by atoms with Crippen molar-refractivity contribution in [3.63, 3.8) is 0 Å². The van der Waals surface area contributed by atoms with Gasteiger partial charge in [-0.1, -0.05) is 32.4 Å². The second-order valence-corrected chi connectivity index (χ2v) is 8.16. The van der Waals surface area contributed by atoms with Gasteiger partial charge in [-0.15, -0.1) is 0 Å². The topological polar surface area (TPSA) is 41.1 Å². The lowest BCUT2D eigenvalue weighted by Gasteiger charge is -2.25. The summed E-state index contributed by atoms with van der Waals surface area (Å²) in [4.78, 5) is 7.12. The van der Waals surface area contributed by atoms with Crippen LogP contribution in [-0.2, 0) is 11.8 Å². The maximum Gasteiger partial charge on any atom is 0.202 e. The molecule has 0 saturated carbocycles. The number of nitrogens with one attached hydrogen (secondary N) is 1. The van der Waals surface area contributed by atoms with Crippen molar-refractivity contribution >= 4 is 16.7 Å². The molecule has 1 N–H and O–H groups in total. The minimum atomic E-state index is -0.199. The molecule has 1 saturated heterocycles. The number of likely N-dealkylation sites (tertiary alicyclic amines) is 1. The molecule has 2 heterocycles. The molecular weight excluding hydrogens is 335 g/mol. The highest BCUT2D eigenvalue weighted by Crippen LogP contribution is 2.24. The standard InChI is InChI=1S/C19H27FN4S/c1-19(2,15-6-8-16(20)9-7-15)14-21-18-22-17(23-25-18)10-13-24-11-4-3-5-12-24/h6-9H,3-5,10-14H2,1-2H3,(H,21,22,23). The molecule has 1 aliphatic rings. The number of hydrogen-bond donors (Lipinski definition) is 1. The summed E-state index contributed by atoms with van der Waals surface area (Å²) >= 11 is 1.42. The summed E-state index contributed by atoms with van der Waals surface area (Å²) in [5.41, 5.74) is 1.00. The normalized spacial score (nSPS) is 16.1. The van der Waals surface area contributed by atoms with Gasteiger partial charge in [-0.05, 0) is 43.6 Å². The van der Waals surface area contributed by atoms with E-state index in [1.807, 2.05) is 12.1 Å². The molecule has 1 aromatic carbocycles. The third-order valence-corrected chi connectivity index (χ3v) is 5.59. The third-order valence-electron chi connectivity index (χ3n) is 4.88. The Hall–Kier alpha value is -1.53. The molecule has 6 heteroatoms. The van der Waals surface area contributed by atoms with Crippen LogP contribution >= 0.6 is 11.5 Å². The predicted molar refractivity (Wildman–Crippen MR) is 102 cm³/mol. The van der Waals surface area contributed by atoms with Gasteiger partial charge in [0.25, 0.3) is 0 Å². The maximum atomic E-state index is 13.1. The zero-order chi connectivity index (χ0) is 17.7. The lowest BCUT2D eigenvalue weighted by atomic mass is 9.85. The van der Waals surface area contributed by atoms with E-state index in [-0.39, 0.29) is 11.2 Å². The lowest BCUT2D eigenvalue weighted by Crippen LogP contribution is -2.31. The number of rotatable bonds is 7. The number of hydrogen-bond acceptors (Lipinski definition) is 5. The Balaban J connectivity index is 1.49. The van der Waals surface area contributed by atoms with Crippen LogP contribution in [0.4, 0.5) is 9.52 Å². The van der Waals surface area contributed by atoms with Gasteiger partial charge in [-0.3, -0.25) is 0 Å². The van der Waals surface area contributed by atoms with Crippen LogP contribution in [0, 0.1) is 5.82 Å². The van der Waals surface area contributed by atoms with Crippen molar-refractivity contribution in [2.24, 2.45) is 0 Å². The molecule has 0 unspecified atom stereocenters. The molecule has 136 valence electrons. The van der Waals surface area contributed by atoms with Crippen molar-refractivity contribution in [2.45, 2.75) is 44.9 Å². The van der Waals surface area contributed by atoms with Gasteiger partial charge in [-0.25, -0.2) is 9.37 Å². The summed E-state index contributed by atoms with van der Waals surface area (Å²) < 4.78 is 17.6. The largest absolute Gasteiger partial charge is 0.359 e. The first-order chi connectivity index (χ1) is 12.0. The van der Waals surface area contributed by atoms with E-state index in [0.717, 1.165) is 36.0 Å². The van der Waals surface area contributed by atoms with E-state index in [4.69, 9.17) is 0 Å². The van der Waals surface area contributed by atoms with E-state index in [0.29, 0.717) is 0 Å². The van der Waals surface area contributed by atoms with E-state index >= 15 is 0 Å². The molecule has 3 rings (SSSR count). The van der Waals surface area contributed by atoms with Gasteiger partial charge >= 0.3 is 0 Å². The number of benzene rings is 1. The highest BCUT2D eigenvalue weighted by molar-refractivity contribution is 7.09. The monoisotopic (exact) mass is 362 g/mol. The van der Waals surface area contributed by atoms with Gasteiger partial charge in [0.15, 0.2) is 0 Å². The summed E-state index contributed by atoms with van der Waals surface area (Å²) in [6.07, 6.45) is 4.91. The van der Waals surface area contributed by atoms with Crippen LogP contribution in [-0.4, -0.2) is 40.4 Å². The van der Waals surface area contributed by atoms with Crippen LogP contribution in [0.3, 0.4) is 0 Å². The molecule has 1 aromatic heterocycles. The molecule has 1 aliphatic heterocycles. The fraction of sp³-hybridized carbons (Fsp3) is 0.579. The summed E-state index contributed by atoms with van der Waals surface area (Å²) in [5.74, 6) is 0.729. The smallest absolute Gasteiger partial charge is 0.202 e.